The number of thioether (sulfide) groups is 1. The molecule has 0 aliphatic heterocycles. The minimum absolute atomic E-state index is 0.0398. The van der Waals surface area contributed by atoms with Gasteiger partial charge in [0.25, 0.3) is 10.0 Å². The van der Waals surface area contributed by atoms with E-state index in [0.29, 0.717) is 12.4 Å². The van der Waals surface area contributed by atoms with Crippen molar-refractivity contribution in [3.63, 3.8) is 0 Å². The lowest BCUT2D eigenvalue weighted by Gasteiger charge is -2.34. The highest BCUT2D eigenvalue weighted by molar-refractivity contribution is 7.98. The van der Waals surface area contributed by atoms with Crippen LogP contribution in [0.25, 0.3) is 0 Å². The number of hydrogen-bond donors (Lipinski definition) is 1. The summed E-state index contributed by atoms with van der Waals surface area (Å²) in [6.07, 6.45) is 2.16. The number of nitrogens with zero attached hydrogens (tertiary/aromatic N) is 2. The maximum atomic E-state index is 14.7. The van der Waals surface area contributed by atoms with Crippen LogP contribution in [-0.2, 0) is 32.6 Å². The van der Waals surface area contributed by atoms with Crippen molar-refractivity contribution < 1.29 is 22.7 Å². The Morgan fingerprint density at radius 3 is 2.17 bits per heavy atom. The first-order valence-electron chi connectivity index (χ1n) is 15.6. The zero-order chi connectivity index (χ0) is 34.0. The fraction of sp³-hybridized carbons (Fsp3) is 0.297. The minimum Gasteiger partial charge on any atom is -0.492 e. The van der Waals surface area contributed by atoms with Crippen molar-refractivity contribution >= 4 is 39.3 Å². The molecule has 8 nitrogen and oxygen atoms in total. The highest BCUT2D eigenvalue weighted by Crippen LogP contribution is 2.33. The van der Waals surface area contributed by atoms with E-state index in [2.05, 4.69) is 5.32 Å². The van der Waals surface area contributed by atoms with E-state index >= 15 is 0 Å². The van der Waals surface area contributed by atoms with Crippen molar-refractivity contribution in [1.29, 1.82) is 0 Å². The number of rotatable bonds is 15. The van der Waals surface area contributed by atoms with Gasteiger partial charge in [-0.05, 0) is 81.5 Å². The zero-order valence-corrected chi connectivity index (χ0v) is 29.2. The summed E-state index contributed by atoms with van der Waals surface area (Å²) < 4.78 is 35.7. The van der Waals surface area contributed by atoms with Crippen LogP contribution >= 0.6 is 11.8 Å². The molecule has 10 heteroatoms. The molecule has 0 aromatic heterocycles. The van der Waals surface area contributed by atoms with Gasteiger partial charge in [-0.3, -0.25) is 13.9 Å². The maximum Gasteiger partial charge on any atom is 0.264 e. The average Bonchev–Trinajstić information content (AvgIpc) is 3.05. The monoisotopic (exact) mass is 673 g/mol. The zero-order valence-electron chi connectivity index (χ0n) is 27.6. The molecule has 47 heavy (non-hydrogen) atoms. The Balaban J connectivity index is 1.84. The molecule has 0 aliphatic carbocycles. The van der Waals surface area contributed by atoms with Crippen LogP contribution in [0.15, 0.2) is 113 Å². The molecule has 0 fully saturated rings. The van der Waals surface area contributed by atoms with E-state index in [1.165, 1.54) is 16.7 Å². The van der Waals surface area contributed by atoms with Gasteiger partial charge in [0.1, 0.15) is 18.3 Å². The number of amides is 2. The van der Waals surface area contributed by atoms with E-state index in [-0.39, 0.29) is 35.5 Å². The molecular formula is C37H43N3O5S2. The maximum absolute atomic E-state index is 14.7. The fourth-order valence-corrected chi connectivity index (χ4v) is 7.10. The number of nitrogens with one attached hydrogen (secondary N) is 1. The molecule has 4 aromatic rings. The quantitative estimate of drug-likeness (QED) is 0.145. The van der Waals surface area contributed by atoms with Crippen LogP contribution in [0.5, 0.6) is 5.75 Å². The second kappa shape index (κ2) is 16.5. The highest BCUT2D eigenvalue weighted by Gasteiger charge is 2.35. The average molecular weight is 674 g/mol. The number of carbonyl (C=O) groups excluding carboxylic acids is 2. The Labute approximate surface area is 283 Å². The molecule has 2 amide bonds. The summed E-state index contributed by atoms with van der Waals surface area (Å²) in [7, 11) is -4.26. The summed E-state index contributed by atoms with van der Waals surface area (Å²) in [6, 6.07) is 29.5. The van der Waals surface area contributed by atoms with Crippen molar-refractivity contribution in [1.82, 2.24) is 10.2 Å². The van der Waals surface area contributed by atoms with Gasteiger partial charge in [-0.25, -0.2) is 8.42 Å². The first-order valence-corrected chi connectivity index (χ1v) is 18.3. The van der Waals surface area contributed by atoms with Gasteiger partial charge in [0, 0.05) is 23.9 Å². The summed E-state index contributed by atoms with van der Waals surface area (Å²) in [5.41, 5.74) is 2.94. The molecule has 4 rings (SSSR count). The second-order valence-electron chi connectivity index (χ2n) is 11.5. The number of hydrogen-bond acceptors (Lipinski definition) is 6. The van der Waals surface area contributed by atoms with Crippen LogP contribution < -0.4 is 14.4 Å². The van der Waals surface area contributed by atoms with Gasteiger partial charge in [0.05, 0.1) is 17.2 Å². The molecule has 4 aromatic carbocycles. The summed E-state index contributed by atoms with van der Waals surface area (Å²) >= 11 is 1.50. The van der Waals surface area contributed by atoms with Crippen molar-refractivity contribution in [2.75, 3.05) is 23.7 Å². The van der Waals surface area contributed by atoms with Gasteiger partial charge in [-0.15, -0.1) is 11.8 Å². The Morgan fingerprint density at radius 2 is 1.53 bits per heavy atom. The van der Waals surface area contributed by atoms with Crippen LogP contribution in [0.4, 0.5) is 5.69 Å². The molecule has 1 N–H and O–H groups in total. The summed E-state index contributed by atoms with van der Waals surface area (Å²) in [5.74, 6) is -0.515. The van der Waals surface area contributed by atoms with Crippen molar-refractivity contribution in [2.45, 2.75) is 62.5 Å². The molecule has 0 aliphatic rings. The van der Waals surface area contributed by atoms with E-state index in [9.17, 15) is 18.0 Å². The Kier molecular flexibility index (Phi) is 12.5. The van der Waals surface area contributed by atoms with E-state index in [1.54, 1.807) is 48.5 Å². The van der Waals surface area contributed by atoms with E-state index in [0.717, 1.165) is 25.9 Å². The highest BCUT2D eigenvalue weighted by atomic mass is 32.2. The van der Waals surface area contributed by atoms with Gasteiger partial charge in [0.15, 0.2) is 0 Å². The lowest BCUT2D eigenvalue weighted by Crippen LogP contribution is -2.54. The number of ether oxygens (including phenoxy) is 1. The third-order valence-electron chi connectivity index (χ3n) is 7.50. The predicted octanol–water partition coefficient (Wildman–Crippen LogP) is 6.48. The van der Waals surface area contributed by atoms with Gasteiger partial charge in [-0.2, -0.15) is 0 Å². The Bertz CT molecular complexity index is 1750. The molecule has 0 unspecified atom stereocenters. The molecule has 1 atom stereocenters. The molecule has 0 saturated carbocycles. The molecule has 0 radical (unpaired) electrons. The third kappa shape index (κ3) is 9.39. The largest absolute Gasteiger partial charge is 0.492 e. The van der Waals surface area contributed by atoms with Crippen LogP contribution in [0.3, 0.4) is 0 Å². The van der Waals surface area contributed by atoms with Crippen LogP contribution in [0.2, 0.25) is 0 Å². The lowest BCUT2D eigenvalue weighted by atomic mass is 10.0. The third-order valence-corrected chi connectivity index (χ3v) is 10.0. The predicted molar refractivity (Wildman–Crippen MR) is 189 cm³/mol. The standard InChI is InChI=1S/C37H43N3O5S2/c1-6-45-35-18-11-10-17-33(35)40(47(43,44)32-21-19-31(46-5)20-22-32)26-36(41)39(25-30-16-12-13-28(4)23-30)34(37(42)38-27(2)3)24-29-14-8-7-9-15-29/h7-23,27,34H,6,24-26H2,1-5H3,(H,38,42)/t34-/m0/s1. The lowest BCUT2D eigenvalue weighted by molar-refractivity contribution is -0.140. The molecule has 0 saturated heterocycles. The second-order valence-corrected chi connectivity index (χ2v) is 14.2. The summed E-state index contributed by atoms with van der Waals surface area (Å²) in [6.45, 7) is 7.36. The molecule has 0 heterocycles. The molecule has 0 spiro atoms. The smallest absolute Gasteiger partial charge is 0.264 e. The van der Waals surface area contributed by atoms with E-state index in [1.807, 2.05) is 88.5 Å². The Hall–Kier alpha value is -4.28. The first-order chi connectivity index (χ1) is 22.5. The van der Waals surface area contributed by atoms with Crippen molar-refractivity contribution in [2.24, 2.45) is 0 Å². The first kappa shape index (κ1) is 35.6. The number of carbonyl (C=O) groups is 2. The fourth-order valence-electron chi connectivity index (χ4n) is 5.27. The van der Waals surface area contributed by atoms with Crippen molar-refractivity contribution in [3.8, 4) is 5.75 Å². The molecular weight excluding hydrogens is 631 g/mol. The Morgan fingerprint density at radius 1 is 0.872 bits per heavy atom. The number of anilines is 1. The minimum atomic E-state index is -4.26. The topological polar surface area (TPSA) is 96.0 Å². The van der Waals surface area contributed by atoms with Crippen molar-refractivity contribution in [3.05, 3.63) is 120 Å². The molecule has 0 bridgehead atoms. The van der Waals surface area contributed by atoms with Gasteiger partial charge in [0.2, 0.25) is 11.8 Å². The van der Waals surface area contributed by atoms with Gasteiger partial charge >= 0.3 is 0 Å². The number of sulfonamides is 1. The van der Waals surface area contributed by atoms with Gasteiger partial charge in [-0.1, -0.05) is 72.3 Å². The molecule has 248 valence electrons. The number of para-hydroxylation sites is 2. The van der Waals surface area contributed by atoms with Crippen LogP contribution in [0.1, 0.15) is 37.5 Å². The summed E-state index contributed by atoms with van der Waals surface area (Å²) in [4.78, 5) is 31.0. The van der Waals surface area contributed by atoms with Crippen LogP contribution in [-0.4, -0.2) is 56.6 Å². The van der Waals surface area contributed by atoms with Gasteiger partial charge < -0.3 is 15.0 Å². The SMILES string of the molecule is CCOc1ccccc1N(CC(=O)N(Cc1cccc(C)c1)[C@@H](Cc1ccccc1)C(=O)NC(C)C)S(=O)(=O)c1ccc(SC)cc1. The van der Waals surface area contributed by atoms with E-state index in [4.69, 9.17) is 4.74 Å². The number of aryl methyl sites for hydroxylation is 1. The summed E-state index contributed by atoms with van der Waals surface area (Å²) in [5, 5.41) is 2.99. The van der Waals surface area contributed by atoms with Crippen LogP contribution in [0, 0.1) is 6.92 Å². The van der Waals surface area contributed by atoms with E-state index < -0.39 is 28.5 Å². The number of benzene rings is 4. The normalized spacial score (nSPS) is 12.0.